The number of aromatic nitrogens is 2. The Labute approximate surface area is 93.1 Å². The zero-order valence-electron chi connectivity index (χ0n) is 7.23. The fraction of sp³-hybridized carbons (Fsp3) is 0. The summed E-state index contributed by atoms with van der Waals surface area (Å²) in [5.74, 6) is 0. The van der Waals surface area contributed by atoms with Gasteiger partial charge in [0, 0.05) is 11.4 Å². The Morgan fingerprint density at radius 3 is 2.27 bits per heavy atom. The van der Waals surface area contributed by atoms with Crippen molar-refractivity contribution in [2.45, 2.75) is 4.34 Å². The number of nitrogens with zero attached hydrogens (tertiary/aromatic N) is 2. The van der Waals surface area contributed by atoms with Crippen LogP contribution < -0.4 is 27.1 Å². The SMILES string of the molecule is NP(N)(=O)Nc1nnc(SP(N)(N)=O)s1. The van der Waals surface area contributed by atoms with Crippen molar-refractivity contribution in [3.05, 3.63) is 0 Å². The van der Waals surface area contributed by atoms with Crippen LogP contribution in [-0.2, 0) is 9.13 Å². The van der Waals surface area contributed by atoms with Crippen LogP contribution in [0.25, 0.3) is 0 Å². The Kier molecular flexibility index (Phi) is 3.90. The van der Waals surface area contributed by atoms with E-state index in [0.717, 1.165) is 11.3 Å². The molecule has 1 rings (SSSR count). The van der Waals surface area contributed by atoms with Gasteiger partial charge in [0.2, 0.25) is 5.13 Å². The summed E-state index contributed by atoms with van der Waals surface area (Å²) < 4.78 is 22.2. The molecule has 0 fully saturated rings. The average molecular weight is 289 g/mol. The zero-order valence-corrected chi connectivity index (χ0v) is 10.7. The van der Waals surface area contributed by atoms with Gasteiger partial charge in [-0.2, -0.15) is 0 Å². The minimum absolute atomic E-state index is 0.152. The molecule has 0 spiro atoms. The van der Waals surface area contributed by atoms with Gasteiger partial charge in [0.15, 0.2) is 4.34 Å². The first-order valence-corrected chi connectivity index (χ1v) is 9.24. The number of hydrogen-bond donors (Lipinski definition) is 5. The van der Waals surface area contributed by atoms with Crippen molar-refractivity contribution in [2.24, 2.45) is 22.0 Å². The van der Waals surface area contributed by atoms with E-state index in [4.69, 9.17) is 22.0 Å². The van der Waals surface area contributed by atoms with Gasteiger partial charge in [-0.05, 0) is 0 Å². The maximum absolute atomic E-state index is 11.0. The quantitative estimate of drug-likeness (QED) is 0.477. The van der Waals surface area contributed by atoms with Gasteiger partial charge in [0.05, 0.1) is 0 Å². The minimum atomic E-state index is -3.41. The van der Waals surface area contributed by atoms with Crippen molar-refractivity contribution in [2.75, 3.05) is 5.09 Å². The van der Waals surface area contributed by atoms with Crippen LogP contribution >= 0.6 is 37.0 Å². The highest BCUT2D eigenvalue weighted by Gasteiger charge is 2.17. The molecule has 0 saturated heterocycles. The molecule has 0 amide bonds. The van der Waals surface area contributed by atoms with Crippen LogP contribution in [0.1, 0.15) is 0 Å². The molecule has 9 nitrogen and oxygen atoms in total. The molecule has 0 aromatic carbocycles. The van der Waals surface area contributed by atoms with Gasteiger partial charge < -0.3 is 0 Å². The Hall–Kier alpha value is 0.01000. The molecule has 0 bridgehead atoms. The van der Waals surface area contributed by atoms with Gasteiger partial charge in [-0.25, -0.2) is 0 Å². The van der Waals surface area contributed by atoms with Crippen molar-refractivity contribution in [1.29, 1.82) is 0 Å². The number of nitrogens with one attached hydrogen (secondary N) is 1. The lowest BCUT2D eigenvalue weighted by Gasteiger charge is -2.04. The van der Waals surface area contributed by atoms with Crippen LogP contribution in [0.3, 0.4) is 0 Å². The molecule has 0 unspecified atom stereocenters. The van der Waals surface area contributed by atoms with Gasteiger partial charge in [0.25, 0.3) is 14.2 Å². The minimum Gasteiger partial charge on any atom is -0.287 e. The van der Waals surface area contributed by atoms with E-state index >= 15 is 0 Å². The van der Waals surface area contributed by atoms with Crippen LogP contribution in [0.15, 0.2) is 4.34 Å². The van der Waals surface area contributed by atoms with E-state index in [1.165, 1.54) is 0 Å². The Morgan fingerprint density at radius 2 is 1.80 bits per heavy atom. The maximum Gasteiger partial charge on any atom is 0.299 e. The molecule has 1 aromatic rings. The predicted octanol–water partition coefficient (Wildman–Crippen LogP) is 0.0931. The highest BCUT2D eigenvalue weighted by molar-refractivity contribution is 8.57. The van der Waals surface area contributed by atoms with Gasteiger partial charge >= 0.3 is 0 Å². The first-order chi connectivity index (χ1) is 6.66. The second-order valence-corrected chi connectivity index (χ2v) is 9.43. The summed E-state index contributed by atoms with van der Waals surface area (Å²) in [5, 5.41) is 9.56. The predicted molar refractivity (Wildman–Crippen MR) is 61.4 cm³/mol. The molecule has 1 heterocycles. The Balaban J connectivity index is 2.73. The van der Waals surface area contributed by atoms with Crippen molar-refractivity contribution >= 4 is 42.1 Å². The second-order valence-electron chi connectivity index (χ2n) is 2.43. The van der Waals surface area contributed by atoms with Gasteiger partial charge in [-0.1, -0.05) is 11.3 Å². The lowest BCUT2D eigenvalue weighted by atomic mass is 11.3. The van der Waals surface area contributed by atoms with Gasteiger partial charge in [-0.15, -0.1) is 10.2 Å². The van der Waals surface area contributed by atoms with Crippen molar-refractivity contribution in [1.82, 2.24) is 10.2 Å². The highest BCUT2D eigenvalue weighted by Crippen LogP contribution is 2.49. The summed E-state index contributed by atoms with van der Waals surface area (Å²) in [4.78, 5) is 0. The number of anilines is 1. The lowest BCUT2D eigenvalue weighted by Crippen LogP contribution is -2.12. The number of rotatable bonds is 4. The first-order valence-electron chi connectivity index (χ1n) is 3.31. The molecule has 0 aliphatic carbocycles. The highest BCUT2D eigenvalue weighted by atomic mass is 32.7. The van der Waals surface area contributed by atoms with Crippen molar-refractivity contribution < 1.29 is 9.13 Å². The molecule has 0 saturated carbocycles. The molecular formula is C2H9N7O2P2S2. The lowest BCUT2D eigenvalue weighted by molar-refractivity contribution is 0.580. The summed E-state index contributed by atoms with van der Waals surface area (Å²) >= 11 is 1.64. The van der Waals surface area contributed by atoms with E-state index < -0.39 is 14.2 Å². The molecule has 0 aliphatic rings. The van der Waals surface area contributed by atoms with Crippen LogP contribution in [0.4, 0.5) is 5.13 Å². The number of hydrogen-bond acceptors (Lipinski definition) is 6. The van der Waals surface area contributed by atoms with Crippen LogP contribution in [-0.4, -0.2) is 10.2 Å². The third-order valence-electron chi connectivity index (χ3n) is 0.898. The first kappa shape index (κ1) is 13.1. The summed E-state index contributed by atoms with van der Waals surface area (Å²) in [6.07, 6.45) is 0. The molecule has 1 aromatic heterocycles. The van der Waals surface area contributed by atoms with Gasteiger partial charge in [-0.3, -0.25) is 36.2 Å². The molecule has 13 heteroatoms. The van der Waals surface area contributed by atoms with Gasteiger partial charge in [0.1, 0.15) is 0 Å². The molecule has 9 N–H and O–H groups in total. The van der Waals surface area contributed by atoms with Crippen LogP contribution in [0.2, 0.25) is 0 Å². The second kappa shape index (κ2) is 4.48. The summed E-state index contributed by atoms with van der Waals surface area (Å²) in [6, 6.07) is 0. The summed E-state index contributed by atoms with van der Waals surface area (Å²) in [6.45, 7) is -3.26. The monoisotopic (exact) mass is 289 g/mol. The standard InChI is InChI=1S/C2H9N7O2P2S2/c3-12(4,10)9-1-7-8-2(14-1)15-13(5,6)11/h(H4,5,6,11)(H5,3,4,7,9,10). The fourth-order valence-corrected chi connectivity index (χ4v) is 4.78. The molecule has 15 heavy (non-hydrogen) atoms. The largest absolute Gasteiger partial charge is 0.299 e. The number of nitrogens with two attached hydrogens (primary N) is 4. The smallest absolute Gasteiger partial charge is 0.287 e. The van der Waals surface area contributed by atoms with Crippen molar-refractivity contribution in [3.63, 3.8) is 0 Å². The van der Waals surface area contributed by atoms with E-state index in [2.05, 4.69) is 15.3 Å². The third kappa shape index (κ3) is 5.59. The fourth-order valence-electron chi connectivity index (χ4n) is 0.563. The maximum atomic E-state index is 11.0. The Morgan fingerprint density at radius 1 is 1.20 bits per heavy atom. The molecule has 0 aliphatic heterocycles. The van der Waals surface area contributed by atoms with E-state index in [9.17, 15) is 9.13 Å². The van der Waals surface area contributed by atoms with E-state index in [1.807, 2.05) is 0 Å². The zero-order chi connectivity index (χ0) is 11.7. The molecule has 86 valence electrons. The summed E-state index contributed by atoms with van der Waals surface area (Å²) in [7, 11) is -3.41. The molecule has 0 radical (unpaired) electrons. The van der Waals surface area contributed by atoms with Crippen LogP contribution in [0.5, 0.6) is 0 Å². The van der Waals surface area contributed by atoms with Crippen molar-refractivity contribution in [3.8, 4) is 0 Å². The average Bonchev–Trinajstić information content (AvgIpc) is 2.28. The van der Waals surface area contributed by atoms with Crippen LogP contribution in [0, 0.1) is 0 Å². The topological polar surface area (TPSA) is 176 Å². The summed E-state index contributed by atoms with van der Waals surface area (Å²) in [5.41, 5.74) is 20.3. The Bertz CT molecular complexity index is 395. The third-order valence-corrected chi connectivity index (χ3v) is 5.01. The van der Waals surface area contributed by atoms with E-state index in [0.29, 0.717) is 11.4 Å². The van der Waals surface area contributed by atoms with E-state index in [-0.39, 0.29) is 9.47 Å². The van der Waals surface area contributed by atoms with E-state index in [1.54, 1.807) is 0 Å². The normalized spacial score (nSPS) is 12.8. The molecular weight excluding hydrogens is 280 g/mol. The molecule has 0 atom stereocenters.